The highest BCUT2D eigenvalue weighted by molar-refractivity contribution is 5.94. The van der Waals surface area contributed by atoms with Crippen molar-refractivity contribution < 1.29 is 4.79 Å². The van der Waals surface area contributed by atoms with Crippen LogP contribution in [0.25, 0.3) is 11.4 Å². The highest BCUT2D eigenvalue weighted by Crippen LogP contribution is 2.19. The van der Waals surface area contributed by atoms with Gasteiger partial charge in [0.2, 0.25) is 0 Å². The summed E-state index contributed by atoms with van der Waals surface area (Å²) in [7, 11) is 0. The number of carbonyl (C=O) groups is 1. The standard InChI is InChI=1S/C22H23N5O/c1-16-6-7-18(15-17(16)2)22(28)27-13-11-26(12-14-27)21-9-8-20(24-25-21)19-5-3-4-10-23-19/h3-10,15H,11-14H2,1-2H3. The molecule has 1 saturated heterocycles. The number of hydrogen-bond donors (Lipinski definition) is 0. The lowest BCUT2D eigenvalue weighted by Gasteiger charge is -2.35. The van der Waals surface area contributed by atoms with Gasteiger partial charge in [0.25, 0.3) is 5.91 Å². The molecule has 142 valence electrons. The van der Waals surface area contributed by atoms with Gasteiger partial charge in [-0.05, 0) is 61.4 Å². The molecular formula is C22H23N5O. The Balaban J connectivity index is 1.40. The fourth-order valence-electron chi connectivity index (χ4n) is 3.34. The normalized spacial score (nSPS) is 14.2. The van der Waals surface area contributed by atoms with Crippen LogP contribution in [0.2, 0.25) is 0 Å². The molecule has 4 rings (SSSR count). The Bertz CT molecular complexity index is 964. The van der Waals surface area contributed by atoms with Gasteiger partial charge in [0.1, 0.15) is 5.69 Å². The van der Waals surface area contributed by atoms with E-state index in [2.05, 4.69) is 27.0 Å². The summed E-state index contributed by atoms with van der Waals surface area (Å²) >= 11 is 0. The number of nitrogens with zero attached hydrogens (tertiary/aromatic N) is 5. The van der Waals surface area contributed by atoms with Crippen LogP contribution in [0.3, 0.4) is 0 Å². The van der Waals surface area contributed by atoms with E-state index >= 15 is 0 Å². The molecule has 0 unspecified atom stereocenters. The van der Waals surface area contributed by atoms with Gasteiger partial charge >= 0.3 is 0 Å². The Morgan fingerprint density at radius 1 is 0.857 bits per heavy atom. The number of carbonyl (C=O) groups excluding carboxylic acids is 1. The minimum Gasteiger partial charge on any atom is -0.352 e. The van der Waals surface area contributed by atoms with Crippen molar-refractivity contribution in [2.75, 3.05) is 31.1 Å². The fraction of sp³-hybridized carbons (Fsp3) is 0.273. The molecule has 0 N–H and O–H groups in total. The largest absolute Gasteiger partial charge is 0.352 e. The second-order valence-corrected chi connectivity index (χ2v) is 7.07. The van der Waals surface area contributed by atoms with E-state index in [-0.39, 0.29) is 5.91 Å². The molecule has 2 aromatic heterocycles. The lowest BCUT2D eigenvalue weighted by molar-refractivity contribution is 0.0746. The van der Waals surface area contributed by atoms with Crippen LogP contribution in [0.5, 0.6) is 0 Å². The smallest absolute Gasteiger partial charge is 0.253 e. The number of anilines is 1. The monoisotopic (exact) mass is 373 g/mol. The van der Waals surface area contributed by atoms with Crippen molar-refractivity contribution in [1.82, 2.24) is 20.1 Å². The molecular weight excluding hydrogens is 350 g/mol. The van der Waals surface area contributed by atoms with E-state index in [1.165, 1.54) is 5.56 Å². The molecule has 28 heavy (non-hydrogen) atoms. The molecule has 0 saturated carbocycles. The van der Waals surface area contributed by atoms with Gasteiger partial charge in [0, 0.05) is 37.9 Å². The molecule has 0 spiro atoms. The average Bonchev–Trinajstić information content (AvgIpc) is 2.76. The van der Waals surface area contributed by atoms with Gasteiger partial charge in [-0.2, -0.15) is 0 Å². The first kappa shape index (κ1) is 18.1. The number of aromatic nitrogens is 3. The molecule has 6 nitrogen and oxygen atoms in total. The second-order valence-electron chi connectivity index (χ2n) is 7.07. The maximum atomic E-state index is 12.8. The van der Waals surface area contributed by atoms with Crippen LogP contribution in [0.15, 0.2) is 54.7 Å². The van der Waals surface area contributed by atoms with Crippen LogP contribution >= 0.6 is 0 Å². The maximum Gasteiger partial charge on any atom is 0.253 e. The molecule has 0 atom stereocenters. The second kappa shape index (κ2) is 7.76. The van der Waals surface area contributed by atoms with Crippen molar-refractivity contribution in [3.8, 4) is 11.4 Å². The zero-order chi connectivity index (χ0) is 19.5. The topological polar surface area (TPSA) is 62.2 Å². The van der Waals surface area contributed by atoms with Crippen LogP contribution in [0.1, 0.15) is 21.5 Å². The summed E-state index contributed by atoms with van der Waals surface area (Å²) in [6, 6.07) is 15.5. The minimum absolute atomic E-state index is 0.0966. The molecule has 1 aromatic carbocycles. The number of amides is 1. The first-order valence-electron chi connectivity index (χ1n) is 9.48. The van der Waals surface area contributed by atoms with Gasteiger partial charge in [-0.3, -0.25) is 9.78 Å². The Hall–Kier alpha value is -3.28. The third-order valence-corrected chi connectivity index (χ3v) is 5.22. The zero-order valence-corrected chi connectivity index (χ0v) is 16.2. The van der Waals surface area contributed by atoms with Gasteiger partial charge in [0.05, 0.1) is 5.69 Å². The molecule has 1 fully saturated rings. The SMILES string of the molecule is Cc1ccc(C(=O)N2CCN(c3ccc(-c4ccccn4)nn3)CC2)cc1C. The Labute approximate surface area is 164 Å². The van der Waals surface area contributed by atoms with Gasteiger partial charge in [-0.15, -0.1) is 10.2 Å². The molecule has 1 aliphatic heterocycles. The lowest BCUT2D eigenvalue weighted by Crippen LogP contribution is -2.49. The summed E-state index contributed by atoms with van der Waals surface area (Å²) in [5.41, 5.74) is 4.68. The predicted molar refractivity (Wildman–Crippen MR) is 109 cm³/mol. The number of piperazine rings is 1. The Morgan fingerprint density at radius 3 is 2.32 bits per heavy atom. The van der Waals surface area contributed by atoms with Crippen LogP contribution < -0.4 is 4.90 Å². The molecule has 6 heteroatoms. The van der Waals surface area contributed by atoms with E-state index in [4.69, 9.17) is 0 Å². The molecule has 0 radical (unpaired) electrons. The molecule has 1 amide bonds. The summed E-state index contributed by atoms with van der Waals surface area (Å²) in [5, 5.41) is 8.67. The number of hydrogen-bond acceptors (Lipinski definition) is 5. The highest BCUT2D eigenvalue weighted by atomic mass is 16.2. The molecule has 3 aromatic rings. The first-order chi connectivity index (χ1) is 13.6. The van der Waals surface area contributed by atoms with Crippen molar-refractivity contribution in [1.29, 1.82) is 0 Å². The van der Waals surface area contributed by atoms with E-state index in [0.717, 1.165) is 41.4 Å². The van der Waals surface area contributed by atoms with E-state index in [9.17, 15) is 4.79 Å². The van der Waals surface area contributed by atoms with Gasteiger partial charge in [-0.25, -0.2) is 0 Å². The average molecular weight is 373 g/mol. The van der Waals surface area contributed by atoms with E-state index in [1.54, 1.807) is 6.20 Å². The minimum atomic E-state index is 0.0966. The van der Waals surface area contributed by atoms with Crippen LogP contribution in [-0.4, -0.2) is 52.2 Å². The first-order valence-corrected chi connectivity index (χ1v) is 9.48. The third-order valence-electron chi connectivity index (χ3n) is 5.22. The van der Waals surface area contributed by atoms with Crippen LogP contribution in [0, 0.1) is 13.8 Å². The fourth-order valence-corrected chi connectivity index (χ4v) is 3.34. The third kappa shape index (κ3) is 3.71. The van der Waals surface area contributed by atoms with E-state index in [1.807, 2.05) is 60.4 Å². The predicted octanol–water partition coefficient (Wildman–Crippen LogP) is 3.12. The van der Waals surface area contributed by atoms with Crippen molar-refractivity contribution >= 4 is 11.7 Å². The van der Waals surface area contributed by atoms with Gasteiger partial charge < -0.3 is 9.80 Å². The van der Waals surface area contributed by atoms with Crippen molar-refractivity contribution in [3.05, 3.63) is 71.4 Å². The van der Waals surface area contributed by atoms with Crippen molar-refractivity contribution in [3.63, 3.8) is 0 Å². The van der Waals surface area contributed by atoms with Crippen LogP contribution in [0.4, 0.5) is 5.82 Å². The van der Waals surface area contributed by atoms with Crippen molar-refractivity contribution in [2.45, 2.75) is 13.8 Å². The maximum absolute atomic E-state index is 12.8. The number of pyridine rings is 1. The summed E-state index contributed by atoms with van der Waals surface area (Å²) in [6.07, 6.45) is 1.75. The molecule has 3 heterocycles. The number of aryl methyl sites for hydroxylation is 2. The number of benzene rings is 1. The summed E-state index contributed by atoms with van der Waals surface area (Å²) in [6.45, 7) is 6.94. The number of rotatable bonds is 3. The van der Waals surface area contributed by atoms with Gasteiger partial charge in [0.15, 0.2) is 5.82 Å². The quantitative estimate of drug-likeness (QED) is 0.706. The molecule has 0 bridgehead atoms. The summed E-state index contributed by atoms with van der Waals surface area (Å²) < 4.78 is 0. The summed E-state index contributed by atoms with van der Waals surface area (Å²) in [5.74, 6) is 0.928. The Kier molecular flexibility index (Phi) is 5.02. The lowest BCUT2D eigenvalue weighted by atomic mass is 10.1. The highest BCUT2D eigenvalue weighted by Gasteiger charge is 2.23. The van der Waals surface area contributed by atoms with Crippen LogP contribution in [-0.2, 0) is 0 Å². The Morgan fingerprint density at radius 2 is 1.68 bits per heavy atom. The summed E-state index contributed by atoms with van der Waals surface area (Å²) in [4.78, 5) is 21.2. The van der Waals surface area contributed by atoms with E-state index < -0.39 is 0 Å². The van der Waals surface area contributed by atoms with Gasteiger partial charge in [-0.1, -0.05) is 12.1 Å². The zero-order valence-electron chi connectivity index (χ0n) is 16.2. The van der Waals surface area contributed by atoms with Crippen molar-refractivity contribution in [2.24, 2.45) is 0 Å². The molecule has 0 aliphatic carbocycles. The molecule has 1 aliphatic rings. The van der Waals surface area contributed by atoms with E-state index in [0.29, 0.717) is 13.1 Å².